The van der Waals surface area contributed by atoms with Gasteiger partial charge in [0.15, 0.2) is 0 Å². The average Bonchev–Trinajstić information content (AvgIpc) is 1.99. The molecule has 15 heavy (non-hydrogen) atoms. The van der Waals surface area contributed by atoms with Crippen LogP contribution < -0.4 is 5.32 Å². The van der Waals surface area contributed by atoms with Crippen molar-refractivity contribution in [2.45, 2.75) is 46.3 Å². The summed E-state index contributed by atoms with van der Waals surface area (Å²) in [6.07, 6.45) is 0.760. The molecule has 0 aromatic carbocycles. The molecule has 2 N–H and O–H groups in total. The Bertz CT molecular complexity index is 231. The molecule has 1 atom stereocenters. The zero-order chi connectivity index (χ0) is 12.1. The van der Waals surface area contributed by atoms with E-state index in [0.717, 1.165) is 0 Å². The van der Waals surface area contributed by atoms with Gasteiger partial charge in [-0.05, 0) is 26.7 Å². The molecule has 0 fully saturated rings. The normalized spacial score (nSPS) is 14.3. The molecular weight excluding hydrogens is 196 g/mol. The van der Waals surface area contributed by atoms with Gasteiger partial charge in [-0.25, -0.2) is 4.79 Å². The number of carbonyl (C=O) groups excluding carboxylic acids is 1. The zero-order valence-corrected chi connectivity index (χ0v) is 9.94. The number of ether oxygens (including phenoxy) is 1. The molecule has 0 rings (SSSR count). The average molecular weight is 216 g/mol. The van der Waals surface area contributed by atoms with Gasteiger partial charge in [0.1, 0.15) is 5.60 Å². The lowest BCUT2D eigenvalue weighted by molar-refractivity contribution is 0.0509. The second-order valence-corrected chi connectivity index (χ2v) is 4.68. The molecule has 0 aromatic heterocycles. The highest BCUT2D eigenvalue weighted by Gasteiger charge is 2.20. The molecule has 0 bridgehead atoms. The van der Waals surface area contributed by atoms with Crippen molar-refractivity contribution in [2.75, 3.05) is 0 Å². The smallest absolute Gasteiger partial charge is 0.408 e. The van der Waals surface area contributed by atoms with Gasteiger partial charge in [-0.1, -0.05) is 19.0 Å². The van der Waals surface area contributed by atoms with E-state index in [-0.39, 0.29) is 12.0 Å². The number of nitrogens with one attached hydrogen (secondary N) is 1. The summed E-state index contributed by atoms with van der Waals surface area (Å²) >= 11 is 0. The Morgan fingerprint density at radius 3 is 2.33 bits per heavy atom. The quantitative estimate of drug-likeness (QED) is 0.430. The molecule has 1 unspecified atom stereocenters. The van der Waals surface area contributed by atoms with E-state index >= 15 is 0 Å². The number of hydrogen-bond donors (Lipinski definition) is 2. The van der Waals surface area contributed by atoms with E-state index in [0.29, 0.717) is 0 Å². The van der Waals surface area contributed by atoms with Crippen molar-refractivity contribution in [3.05, 3.63) is 0 Å². The van der Waals surface area contributed by atoms with E-state index in [9.17, 15) is 4.79 Å². The number of amides is 1. The van der Waals surface area contributed by atoms with E-state index < -0.39 is 11.7 Å². The minimum atomic E-state index is -0.526. The number of alkyl carbamates (subject to hydrolysis) is 1. The van der Waals surface area contributed by atoms with E-state index in [1.165, 1.54) is 6.21 Å². The first kappa shape index (κ1) is 13.7. The van der Waals surface area contributed by atoms with Gasteiger partial charge in [0.25, 0.3) is 0 Å². The third kappa shape index (κ3) is 6.76. The number of oxime groups is 1. The van der Waals surface area contributed by atoms with Gasteiger partial charge in [-0.2, -0.15) is 0 Å². The summed E-state index contributed by atoms with van der Waals surface area (Å²) in [6.45, 7) is 9.18. The summed E-state index contributed by atoms with van der Waals surface area (Å²) in [7, 11) is 0. The summed E-state index contributed by atoms with van der Waals surface area (Å²) in [5.41, 5.74) is -0.526. The maximum absolute atomic E-state index is 11.4. The predicted molar refractivity (Wildman–Crippen MR) is 58.3 cm³/mol. The minimum Gasteiger partial charge on any atom is -0.444 e. The van der Waals surface area contributed by atoms with Crippen molar-refractivity contribution in [1.29, 1.82) is 0 Å². The number of rotatable bonds is 3. The molecule has 0 saturated heterocycles. The number of hydrogen-bond acceptors (Lipinski definition) is 4. The van der Waals surface area contributed by atoms with E-state index in [4.69, 9.17) is 9.94 Å². The molecule has 0 aliphatic rings. The molecule has 0 radical (unpaired) electrons. The Morgan fingerprint density at radius 1 is 1.47 bits per heavy atom. The Labute approximate surface area is 90.5 Å². The maximum Gasteiger partial charge on any atom is 0.408 e. The first-order chi connectivity index (χ1) is 6.76. The summed E-state index contributed by atoms with van der Waals surface area (Å²) in [4.78, 5) is 11.4. The van der Waals surface area contributed by atoms with Crippen LogP contribution in [0.5, 0.6) is 0 Å². The fourth-order valence-corrected chi connectivity index (χ4v) is 0.892. The van der Waals surface area contributed by atoms with Gasteiger partial charge in [-0.15, -0.1) is 0 Å². The van der Waals surface area contributed by atoms with E-state index in [1.807, 2.05) is 13.8 Å². The first-order valence-electron chi connectivity index (χ1n) is 4.93. The molecule has 0 heterocycles. The lowest BCUT2D eigenvalue weighted by Crippen LogP contribution is -2.42. The molecule has 0 aliphatic carbocycles. The molecular formula is C10H20N2O3. The molecule has 0 aliphatic heterocycles. The molecule has 1 amide bonds. The van der Waals surface area contributed by atoms with Gasteiger partial charge < -0.3 is 15.3 Å². The molecule has 0 saturated carbocycles. The van der Waals surface area contributed by atoms with Crippen molar-refractivity contribution >= 4 is 12.3 Å². The SMILES string of the molecule is CC(C)C(/C=N/O)NC(=O)OC(C)(C)C. The van der Waals surface area contributed by atoms with Crippen molar-refractivity contribution in [3.63, 3.8) is 0 Å². The van der Waals surface area contributed by atoms with Crippen LogP contribution in [0.1, 0.15) is 34.6 Å². The van der Waals surface area contributed by atoms with Crippen molar-refractivity contribution in [3.8, 4) is 0 Å². The van der Waals surface area contributed by atoms with Crippen LogP contribution in [0.15, 0.2) is 5.16 Å². The van der Waals surface area contributed by atoms with Crippen molar-refractivity contribution in [1.82, 2.24) is 5.32 Å². The summed E-state index contributed by atoms with van der Waals surface area (Å²) < 4.78 is 5.07. The lowest BCUT2D eigenvalue weighted by atomic mass is 10.1. The van der Waals surface area contributed by atoms with Gasteiger partial charge in [0.05, 0.1) is 12.3 Å². The highest BCUT2D eigenvalue weighted by molar-refractivity contribution is 5.75. The maximum atomic E-state index is 11.4. The van der Waals surface area contributed by atoms with Crippen LogP contribution in [0, 0.1) is 5.92 Å². The lowest BCUT2D eigenvalue weighted by Gasteiger charge is -2.23. The first-order valence-corrected chi connectivity index (χ1v) is 4.93. The number of nitrogens with zero attached hydrogens (tertiary/aromatic N) is 1. The van der Waals surface area contributed by atoms with Crippen LogP contribution >= 0.6 is 0 Å². The second-order valence-electron chi connectivity index (χ2n) is 4.68. The van der Waals surface area contributed by atoms with Crippen LogP contribution in [0.2, 0.25) is 0 Å². The molecule has 5 nitrogen and oxygen atoms in total. The van der Waals surface area contributed by atoms with Crippen molar-refractivity contribution < 1.29 is 14.7 Å². The highest BCUT2D eigenvalue weighted by atomic mass is 16.6. The fraction of sp³-hybridized carbons (Fsp3) is 0.800. The molecule has 88 valence electrons. The standard InChI is InChI=1S/C10H20N2O3/c1-7(2)8(6-11-14)12-9(13)15-10(3,4)5/h6-8,14H,1-5H3,(H,12,13)/b11-6+. The largest absolute Gasteiger partial charge is 0.444 e. The van der Waals surface area contributed by atoms with Crippen LogP contribution in [0.4, 0.5) is 4.79 Å². The predicted octanol–water partition coefficient (Wildman–Crippen LogP) is 2.00. The Hall–Kier alpha value is -1.26. The highest BCUT2D eigenvalue weighted by Crippen LogP contribution is 2.07. The van der Waals surface area contributed by atoms with Crippen LogP contribution in [-0.4, -0.2) is 29.2 Å². The Balaban J connectivity index is 4.24. The summed E-state index contributed by atoms with van der Waals surface area (Å²) in [5.74, 6) is 0.133. The molecule has 0 spiro atoms. The summed E-state index contributed by atoms with van der Waals surface area (Å²) in [5, 5.41) is 13.9. The fourth-order valence-electron chi connectivity index (χ4n) is 0.892. The van der Waals surface area contributed by atoms with Crippen molar-refractivity contribution in [2.24, 2.45) is 11.1 Å². The number of carbonyl (C=O) groups is 1. The van der Waals surface area contributed by atoms with Gasteiger partial charge in [-0.3, -0.25) is 0 Å². The van der Waals surface area contributed by atoms with Gasteiger partial charge in [0, 0.05) is 0 Å². The van der Waals surface area contributed by atoms with E-state index in [2.05, 4.69) is 10.5 Å². The molecule has 5 heteroatoms. The third-order valence-electron chi connectivity index (χ3n) is 1.63. The Kier molecular flexibility index (Phi) is 5.11. The topological polar surface area (TPSA) is 70.9 Å². The van der Waals surface area contributed by atoms with E-state index in [1.54, 1.807) is 20.8 Å². The Morgan fingerprint density at radius 2 is 2.00 bits per heavy atom. The second kappa shape index (κ2) is 5.58. The monoisotopic (exact) mass is 216 g/mol. The molecule has 0 aromatic rings. The van der Waals surface area contributed by atoms with Crippen LogP contribution in [-0.2, 0) is 4.74 Å². The summed E-state index contributed by atoms with van der Waals surface area (Å²) in [6, 6.07) is -0.329. The van der Waals surface area contributed by atoms with Crippen LogP contribution in [0.3, 0.4) is 0 Å². The van der Waals surface area contributed by atoms with Gasteiger partial charge in [0.2, 0.25) is 0 Å². The third-order valence-corrected chi connectivity index (χ3v) is 1.63. The minimum absolute atomic E-state index is 0.133. The zero-order valence-electron chi connectivity index (χ0n) is 9.94. The van der Waals surface area contributed by atoms with Crippen LogP contribution in [0.25, 0.3) is 0 Å². The van der Waals surface area contributed by atoms with Gasteiger partial charge >= 0.3 is 6.09 Å².